The lowest BCUT2D eigenvalue weighted by atomic mass is 9.78. The van der Waals surface area contributed by atoms with Gasteiger partial charge in [0.2, 0.25) is 0 Å². The second-order valence-corrected chi connectivity index (χ2v) is 3.82. The molecule has 0 radical (unpaired) electrons. The average Bonchev–Trinajstić information content (AvgIpc) is 2.06. The minimum absolute atomic E-state index is 0.0141. The molecule has 0 unspecified atom stereocenters. The molecule has 0 nitrogen and oxygen atoms in total. The number of hydrogen-bond acceptors (Lipinski definition) is 0. The zero-order valence-electron chi connectivity index (χ0n) is 7.91. The van der Waals surface area contributed by atoms with Crippen LogP contribution in [0.5, 0.6) is 0 Å². The van der Waals surface area contributed by atoms with Crippen molar-refractivity contribution in [2.75, 3.05) is 0 Å². The van der Waals surface area contributed by atoms with E-state index in [-0.39, 0.29) is 17.0 Å². The van der Waals surface area contributed by atoms with Crippen LogP contribution in [-0.2, 0) is 0 Å². The van der Waals surface area contributed by atoms with Crippen LogP contribution >= 0.6 is 0 Å². The van der Waals surface area contributed by atoms with Gasteiger partial charge in [-0.2, -0.15) is 0 Å². The summed E-state index contributed by atoms with van der Waals surface area (Å²) in [5, 5.41) is 0. The van der Waals surface area contributed by atoms with Gasteiger partial charge in [-0.1, -0.05) is 6.42 Å². The molecule has 1 aromatic carbocycles. The Kier molecular flexibility index (Phi) is 2.25. The van der Waals surface area contributed by atoms with Crippen molar-refractivity contribution in [3.8, 4) is 0 Å². The van der Waals surface area contributed by atoms with E-state index in [0.29, 0.717) is 6.07 Å². The number of hydrogen-bond donors (Lipinski definition) is 0. The van der Waals surface area contributed by atoms with Crippen LogP contribution in [0.15, 0.2) is 6.07 Å². The van der Waals surface area contributed by atoms with Gasteiger partial charge in [0.05, 0.1) is 0 Å². The fourth-order valence-corrected chi connectivity index (χ4v) is 1.89. The Morgan fingerprint density at radius 2 is 1.79 bits per heavy atom. The van der Waals surface area contributed by atoms with Gasteiger partial charge in [-0.15, -0.1) is 0 Å². The van der Waals surface area contributed by atoms with E-state index in [1.54, 1.807) is 0 Å². The van der Waals surface area contributed by atoms with E-state index in [9.17, 15) is 13.2 Å². The molecule has 3 heteroatoms. The third-order valence-corrected chi connectivity index (χ3v) is 2.98. The molecule has 0 aromatic heterocycles. The highest BCUT2D eigenvalue weighted by molar-refractivity contribution is 5.34. The standard InChI is InChI=1S/C11H11F3/c1-6-8(12)5-9(13)11(14)10(6)7-3-2-4-7/h5,7H,2-4H2,1H3. The van der Waals surface area contributed by atoms with Gasteiger partial charge in [0.25, 0.3) is 0 Å². The predicted octanol–water partition coefficient (Wildman–Crippen LogP) is 3.68. The van der Waals surface area contributed by atoms with Crippen LogP contribution in [0.2, 0.25) is 0 Å². The lowest BCUT2D eigenvalue weighted by Gasteiger charge is -2.27. The molecule has 0 saturated heterocycles. The molecular weight excluding hydrogens is 189 g/mol. The summed E-state index contributed by atoms with van der Waals surface area (Å²) >= 11 is 0. The zero-order chi connectivity index (χ0) is 10.3. The smallest absolute Gasteiger partial charge is 0.162 e. The third-order valence-electron chi connectivity index (χ3n) is 2.98. The minimum Gasteiger partial charge on any atom is -0.207 e. The molecule has 0 amide bonds. The molecule has 14 heavy (non-hydrogen) atoms. The summed E-state index contributed by atoms with van der Waals surface area (Å²) in [6.07, 6.45) is 2.68. The lowest BCUT2D eigenvalue weighted by molar-refractivity contribution is 0.386. The van der Waals surface area contributed by atoms with Crippen molar-refractivity contribution in [3.63, 3.8) is 0 Å². The molecule has 0 spiro atoms. The Bertz CT molecular complexity index is 341. The normalized spacial score (nSPS) is 16.9. The van der Waals surface area contributed by atoms with Gasteiger partial charge >= 0.3 is 0 Å². The molecule has 0 bridgehead atoms. The summed E-state index contributed by atoms with van der Waals surface area (Å²) in [7, 11) is 0. The van der Waals surface area contributed by atoms with Gasteiger partial charge in [0.15, 0.2) is 11.6 Å². The Morgan fingerprint density at radius 1 is 1.14 bits per heavy atom. The summed E-state index contributed by atoms with van der Waals surface area (Å²) in [5.74, 6) is -2.57. The van der Waals surface area contributed by atoms with E-state index in [0.717, 1.165) is 19.3 Å². The molecule has 0 N–H and O–H groups in total. The first-order valence-corrected chi connectivity index (χ1v) is 4.75. The molecule has 1 aliphatic carbocycles. The summed E-state index contributed by atoms with van der Waals surface area (Å²) < 4.78 is 39.4. The van der Waals surface area contributed by atoms with Crippen LogP contribution in [-0.4, -0.2) is 0 Å². The molecule has 1 saturated carbocycles. The zero-order valence-corrected chi connectivity index (χ0v) is 7.91. The Labute approximate surface area is 80.7 Å². The third kappa shape index (κ3) is 1.31. The molecular formula is C11H11F3. The lowest BCUT2D eigenvalue weighted by Crippen LogP contribution is -2.14. The summed E-state index contributed by atoms with van der Waals surface area (Å²) in [5.41, 5.74) is 0.502. The largest absolute Gasteiger partial charge is 0.207 e. The van der Waals surface area contributed by atoms with Crippen molar-refractivity contribution < 1.29 is 13.2 Å². The average molecular weight is 200 g/mol. The number of rotatable bonds is 1. The first-order valence-electron chi connectivity index (χ1n) is 4.75. The van der Waals surface area contributed by atoms with Crippen LogP contribution in [0, 0.1) is 24.4 Å². The Hall–Kier alpha value is -0.990. The Morgan fingerprint density at radius 3 is 2.29 bits per heavy atom. The topological polar surface area (TPSA) is 0 Å². The van der Waals surface area contributed by atoms with Crippen LogP contribution in [0.4, 0.5) is 13.2 Å². The van der Waals surface area contributed by atoms with E-state index in [1.165, 1.54) is 6.92 Å². The SMILES string of the molecule is Cc1c(F)cc(F)c(F)c1C1CCC1. The van der Waals surface area contributed by atoms with Crippen molar-refractivity contribution in [1.29, 1.82) is 0 Å². The van der Waals surface area contributed by atoms with Crippen molar-refractivity contribution >= 4 is 0 Å². The van der Waals surface area contributed by atoms with Gasteiger partial charge in [-0.05, 0) is 36.8 Å². The van der Waals surface area contributed by atoms with Gasteiger partial charge < -0.3 is 0 Å². The quantitative estimate of drug-likeness (QED) is 0.606. The van der Waals surface area contributed by atoms with Crippen LogP contribution in [0.25, 0.3) is 0 Å². The highest BCUT2D eigenvalue weighted by atomic mass is 19.2. The molecule has 76 valence electrons. The maximum Gasteiger partial charge on any atom is 0.162 e. The van der Waals surface area contributed by atoms with Gasteiger partial charge in [-0.25, -0.2) is 13.2 Å². The van der Waals surface area contributed by atoms with Crippen molar-refractivity contribution in [2.24, 2.45) is 0 Å². The second-order valence-electron chi connectivity index (χ2n) is 3.82. The van der Waals surface area contributed by atoms with Crippen molar-refractivity contribution in [1.82, 2.24) is 0 Å². The molecule has 0 heterocycles. The molecule has 2 rings (SSSR count). The summed E-state index contributed by atoms with van der Waals surface area (Å²) in [6, 6.07) is 0.618. The first kappa shape index (κ1) is 9.56. The fraction of sp³-hybridized carbons (Fsp3) is 0.455. The van der Waals surface area contributed by atoms with E-state index in [4.69, 9.17) is 0 Å². The van der Waals surface area contributed by atoms with E-state index < -0.39 is 17.5 Å². The molecule has 0 atom stereocenters. The molecule has 1 aromatic rings. The van der Waals surface area contributed by atoms with E-state index >= 15 is 0 Å². The maximum absolute atomic E-state index is 13.4. The predicted molar refractivity (Wildman–Crippen MR) is 47.6 cm³/mol. The van der Waals surface area contributed by atoms with Crippen molar-refractivity contribution in [2.45, 2.75) is 32.1 Å². The summed E-state index contributed by atoms with van der Waals surface area (Å²) in [6.45, 7) is 1.51. The Balaban J connectivity index is 2.54. The molecule has 1 fully saturated rings. The van der Waals surface area contributed by atoms with Crippen LogP contribution in [0.1, 0.15) is 36.3 Å². The van der Waals surface area contributed by atoms with Gasteiger partial charge in [0, 0.05) is 6.07 Å². The van der Waals surface area contributed by atoms with Crippen molar-refractivity contribution in [3.05, 3.63) is 34.6 Å². The number of benzene rings is 1. The van der Waals surface area contributed by atoms with Crippen LogP contribution < -0.4 is 0 Å². The van der Waals surface area contributed by atoms with E-state index in [2.05, 4.69) is 0 Å². The molecule has 1 aliphatic rings. The maximum atomic E-state index is 13.4. The highest BCUT2D eigenvalue weighted by Crippen LogP contribution is 2.40. The van der Waals surface area contributed by atoms with Crippen LogP contribution in [0.3, 0.4) is 0 Å². The first-order chi connectivity index (χ1) is 6.61. The van der Waals surface area contributed by atoms with Gasteiger partial charge in [-0.3, -0.25) is 0 Å². The minimum atomic E-state index is -1.07. The molecule has 0 aliphatic heterocycles. The monoisotopic (exact) mass is 200 g/mol. The fourth-order valence-electron chi connectivity index (χ4n) is 1.89. The second kappa shape index (κ2) is 3.30. The van der Waals surface area contributed by atoms with E-state index in [1.807, 2.05) is 0 Å². The van der Waals surface area contributed by atoms with Gasteiger partial charge in [0.1, 0.15) is 5.82 Å². The highest BCUT2D eigenvalue weighted by Gasteiger charge is 2.27. The summed E-state index contributed by atoms with van der Waals surface area (Å²) in [4.78, 5) is 0. The number of halogens is 3.